The Hall–Kier alpha value is -1.40. The summed E-state index contributed by atoms with van der Waals surface area (Å²) in [5.74, 6) is 0. The predicted octanol–water partition coefficient (Wildman–Crippen LogP) is 2.25. The lowest BCUT2D eigenvalue weighted by Crippen LogP contribution is -2.57. The SMILES string of the molecule is [C-]#[N+]C12CCC(NS(=O)(=O)c3cccc(B4OC(C)(C)C(C)(C)O4)c3)(C1)C2. The zero-order valence-electron chi connectivity index (χ0n) is 16.2. The van der Waals surface area contributed by atoms with Gasteiger partial charge in [-0.15, -0.1) is 0 Å². The van der Waals surface area contributed by atoms with Crippen molar-refractivity contribution in [2.24, 2.45) is 0 Å². The van der Waals surface area contributed by atoms with Crippen LogP contribution in [0.4, 0.5) is 0 Å². The van der Waals surface area contributed by atoms with Crippen LogP contribution in [-0.2, 0) is 19.3 Å². The van der Waals surface area contributed by atoms with Gasteiger partial charge in [0.15, 0.2) is 0 Å². The first-order valence-corrected chi connectivity index (χ1v) is 10.8. The van der Waals surface area contributed by atoms with Gasteiger partial charge in [-0.2, -0.15) is 0 Å². The minimum absolute atomic E-state index is 0.205. The lowest BCUT2D eigenvalue weighted by molar-refractivity contribution is 0.00578. The highest BCUT2D eigenvalue weighted by atomic mass is 32.2. The van der Waals surface area contributed by atoms with E-state index in [2.05, 4.69) is 9.57 Å². The van der Waals surface area contributed by atoms with Gasteiger partial charge in [-0.1, -0.05) is 12.1 Å². The quantitative estimate of drug-likeness (QED) is 0.635. The lowest BCUT2D eigenvalue weighted by atomic mass is 9.72. The van der Waals surface area contributed by atoms with Gasteiger partial charge in [-0.05, 0) is 51.7 Å². The summed E-state index contributed by atoms with van der Waals surface area (Å²) in [4.78, 5) is 3.91. The fourth-order valence-electron chi connectivity index (χ4n) is 4.44. The summed E-state index contributed by atoms with van der Waals surface area (Å²) < 4.78 is 40.9. The molecular formula is C19H25BN2O4S. The number of hydrogen-bond donors (Lipinski definition) is 1. The van der Waals surface area contributed by atoms with Crippen LogP contribution in [-0.4, -0.2) is 37.8 Å². The monoisotopic (exact) mass is 388 g/mol. The highest BCUT2D eigenvalue weighted by molar-refractivity contribution is 7.89. The van der Waals surface area contributed by atoms with Crippen LogP contribution in [0.25, 0.3) is 4.85 Å². The number of rotatable bonds is 4. The molecule has 4 fully saturated rings. The molecule has 1 aromatic carbocycles. The molecule has 0 spiro atoms. The second kappa shape index (κ2) is 5.57. The Balaban J connectivity index is 1.56. The molecule has 3 aliphatic carbocycles. The van der Waals surface area contributed by atoms with Crippen LogP contribution in [0.2, 0.25) is 0 Å². The van der Waals surface area contributed by atoms with E-state index in [-0.39, 0.29) is 10.4 Å². The molecular weight excluding hydrogens is 363 g/mol. The van der Waals surface area contributed by atoms with E-state index in [1.807, 2.05) is 33.8 Å². The molecule has 27 heavy (non-hydrogen) atoms. The largest absolute Gasteiger partial charge is 0.494 e. The Labute approximate surface area is 161 Å². The van der Waals surface area contributed by atoms with Crippen LogP contribution in [0.1, 0.15) is 53.4 Å². The first kappa shape index (κ1) is 18.9. The van der Waals surface area contributed by atoms with Crippen LogP contribution in [0, 0.1) is 6.57 Å². The Bertz CT molecular complexity index is 913. The van der Waals surface area contributed by atoms with Crippen LogP contribution in [0.5, 0.6) is 0 Å². The molecule has 3 saturated carbocycles. The van der Waals surface area contributed by atoms with E-state index in [1.54, 1.807) is 18.2 Å². The molecule has 5 rings (SSSR count). The number of fused-ring (bicyclic) bond motifs is 1. The van der Waals surface area contributed by atoms with Gasteiger partial charge in [-0.25, -0.2) is 19.7 Å². The van der Waals surface area contributed by atoms with Crippen LogP contribution >= 0.6 is 0 Å². The van der Waals surface area contributed by atoms with Gasteiger partial charge in [0.2, 0.25) is 15.6 Å². The van der Waals surface area contributed by atoms with E-state index < -0.39 is 33.9 Å². The van der Waals surface area contributed by atoms with Crippen molar-refractivity contribution in [2.75, 3.05) is 0 Å². The van der Waals surface area contributed by atoms with E-state index in [4.69, 9.17) is 15.9 Å². The first-order valence-electron chi connectivity index (χ1n) is 9.30. The lowest BCUT2D eigenvalue weighted by Gasteiger charge is -2.39. The van der Waals surface area contributed by atoms with Crippen LogP contribution in [0.15, 0.2) is 29.2 Å². The van der Waals surface area contributed by atoms with Gasteiger partial charge in [0.25, 0.3) is 0 Å². The number of nitrogens with zero attached hydrogens (tertiary/aromatic N) is 1. The van der Waals surface area contributed by atoms with Gasteiger partial charge in [0.1, 0.15) is 0 Å². The highest BCUT2D eigenvalue weighted by Crippen LogP contribution is 2.57. The maximum Gasteiger partial charge on any atom is 0.494 e. The molecule has 6 nitrogen and oxygen atoms in total. The summed E-state index contributed by atoms with van der Waals surface area (Å²) in [6.07, 6.45) is 2.72. The minimum Gasteiger partial charge on any atom is -0.399 e. The fourth-order valence-corrected chi connectivity index (χ4v) is 5.93. The van der Waals surface area contributed by atoms with E-state index in [0.29, 0.717) is 18.3 Å². The Morgan fingerprint density at radius 1 is 1.11 bits per heavy atom. The van der Waals surface area contributed by atoms with Gasteiger partial charge < -0.3 is 14.2 Å². The molecule has 0 atom stereocenters. The molecule has 2 bridgehead atoms. The normalized spacial score (nSPS) is 33.5. The maximum atomic E-state index is 13.0. The second-order valence-electron chi connectivity index (χ2n) is 9.24. The van der Waals surface area contributed by atoms with E-state index in [0.717, 1.165) is 12.8 Å². The van der Waals surface area contributed by atoms with Crippen molar-refractivity contribution in [3.05, 3.63) is 35.7 Å². The molecule has 0 amide bonds. The standard InChI is InChI=1S/C19H25BN2O4S/c1-16(2)17(3,4)26-20(25-16)14-7-6-8-15(11-14)27(23,24)22-19-10-9-18(12-19,13-19)21-5/h6-8,11,22H,9-10,12-13H2,1-4H3. The Kier molecular flexibility index (Phi) is 3.91. The maximum absolute atomic E-state index is 13.0. The van der Waals surface area contributed by atoms with E-state index in [1.165, 1.54) is 0 Å². The zero-order chi connectivity index (χ0) is 19.7. The molecule has 1 N–H and O–H groups in total. The molecule has 0 unspecified atom stereocenters. The van der Waals surface area contributed by atoms with Crippen molar-refractivity contribution < 1.29 is 17.7 Å². The van der Waals surface area contributed by atoms with Crippen molar-refractivity contribution in [3.63, 3.8) is 0 Å². The highest BCUT2D eigenvalue weighted by Gasteiger charge is 2.67. The summed E-state index contributed by atoms with van der Waals surface area (Å²) in [6, 6.07) is 6.74. The first-order chi connectivity index (χ1) is 12.4. The topological polar surface area (TPSA) is 69.0 Å². The summed E-state index contributed by atoms with van der Waals surface area (Å²) in [7, 11) is -4.28. The molecule has 4 aliphatic rings. The zero-order valence-corrected chi connectivity index (χ0v) is 17.0. The van der Waals surface area contributed by atoms with Gasteiger partial charge in [0, 0.05) is 24.8 Å². The number of benzene rings is 1. The van der Waals surface area contributed by atoms with Crippen LogP contribution < -0.4 is 10.2 Å². The molecule has 0 aromatic heterocycles. The summed E-state index contributed by atoms with van der Waals surface area (Å²) in [5.41, 5.74) is -1.08. The van der Waals surface area contributed by atoms with E-state index >= 15 is 0 Å². The van der Waals surface area contributed by atoms with Crippen molar-refractivity contribution >= 4 is 22.6 Å². The van der Waals surface area contributed by atoms with Crippen molar-refractivity contribution in [3.8, 4) is 0 Å². The molecule has 1 saturated heterocycles. The third-order valence-electron chi connectivity index (χ3n) is 6.69. The van der Waals surface area contributed by atoms with Crippen molar-refractivity contribution in [1.29, 1.82) is 0 Å². The second-order valence-corrected chi connectivity index (χ2v) is 10.9. The minimum atomic E-state index is -3.67. The Morgan fingerprint density at radius 3 is 2.30 bits per heavy atom. The number of sulfonamides is 1. The summed E-state index contributed by atoms with van der Waals surface area (Å²) in [6.45, 7) is 15.2. The van der Waals surface area contributed by atoms with Gasteiger partial charge >= 0.3 is 7.12 Å². The molecule has 1 heterocycles. The average molecular weight is 388 g/mol. The van der Waals surface area contributed by atoms with Gasteiger partial charge in [-0.3, -0.25) is 0 Å². The average Bonchev–Trinajstić information content (AvgIpc) is 3.15. The fraction of sp³-hybridized carbons (Fsp3) is 0.632. The Morgan fingerprint density at radius 2 is 1.74 bits per heavy atom. The molecule has 1 aromatic rings. The predicted molar refractivity (Wildman–Crippen MR) is 103 cm³/mol. The third kappa shape index (κ3) is 2.92. The van der Waals surface area contributed by atoms with Crippen molar-refractivity contribution in [1.82, 2.24) is 4.72 Å². The summed E-state index contributed by atoms with van der Waals surface area (Å²) >= 11 is 0. The van der Waals surface area contributed by atoms with Crippen molar-refractivity contribution in [2.45, 2.75) is 80.6 Å². The third-order valence-corrected chi connectivity index (χ3v) is 8.26. The number of hydrogen-bond acceptors (Lipinski definition) is 4. The smallest absolute Gasteiger partial charge is 0.399 e. The number of nitrogens with one attached hydrogen (secondary N) is 1. The van der Waals surface area contributed by atoms with Gasteiger partial charge in [0.05, 0.1) is 16.1 Å². The molecule has 0 radical (unpaired) electrons. The molecule has 144 valence electrons. The van der Waals surface area contributed by atoms with E-state index in [9.17, 15) is 8.42 Å². The van der Waals surface area contributed by atoms with Crippen LogP contribution in [0.3, 0.4) is 0 Å². The molecule has 8 heteroatoms. The molecule has 1 aliphatic heterocycles. The summed E-state index contributed by atoms with van der Waals surface area (Å²) in [5, 5.41) is 0.